The lowest BCUT2D eigenvalue weighted by Gasteiger charge is -2.04. The van der Waals surface area contributed by atoms with Gasteiger partial charge in [-0.2, -0.15) is 0 Å². The van der Waals surface area contributed by atoms with E-state index in [0.29, 0.717) is 6.42 Å². The van der Waals surface area contributed by atoms with Crippen molar-refractivity contribution in [3.63, 3.8) is 0 Å². The van der Waals surface area contributed by atoms with Gasteiger partial charge in [0.15, 0.2) is 5.78 Å². The minimum Gasteiger partial charge on any atom is -0.294 e. The summed E-state index contributed by atoms with van der Waals surface area (Å²) in [4.78, 5) is 11.2. The zero-order valence-corrected chi connectivity index (χ0v) is 9.61. The molecule has 0 aliphatic carbocycles. The van der Waals surface area contributed by atoms with Crippen molar-refractivity contribution in [2.75, 3.05) is 0 Å². The second kappa shape index (κ2) is 4.91. The van der Waals surface area contributed by atoms with Crippen LogP contribution in [0.3, 0.4) is 0 Å². The third kappa shape index (κ3) is 2.78. The summed E-state index contributed by atoms with van der Waals surface area (Å²) < 4.78 is 13.3. The van der Waals surface area contributed by atoms with E-state index < -0.39 is 5.82 Å². The number of benzene rings is 2. The number of carbonyl (C=O) groups excluding carboxylic acids is 1. The minimum absolute atomic E-state index is 0.165. The van der Waals surface area contributed by atoms with E-state index in [1.165, 1.54) is 13.0 Å². The molecule has 2 rings (SSSR count). The summed E-state index contributed by atoms with van der Waals surface area (Å²) >= 11 is 0. The fourth-order valence-corrected chi connectivity index (χ4v) is 1.78. The molecular formula is C15H13FO. The highest BCUT2D eigenvalue weighted by atomic mass is 19.1. The maximum atomic E-state index is 13.3. The standard InChI is InChI=1S/C15H13FO/c1-11(17)14-10-13(7-8-15(14)16)9-12-5-3-2-4-6-12/h2-8,10H,9H2,1H3. The Kier molecular flexibility index (Phi) is 3.33. The summed E-state index contributed by atoms with van der Waals surface area (Å²) in [7, 11) is 0. The molecule has 0 aliphatic rings. The molecule has 0 bridgehead atoms. The SMILES string of the molecule is CC(=O)c1cc(Cc2ccccc2)ccc1F. The fourth-order valence-electron chi connectivity index (χ4n) is 1.78. The molecule has 17 heavy (non-hydrogen) atoms. The predicted molar refractivity (Wildman–Crippen MR) is 65.7 cm³/mol. The first-order valence-corrected chi connectivity index (χ1v) is 5.50. The third-order valence-electron chi connectivity index (χ3n) is 2.66. The van der Waals surface area contributed by atoms with Gasteiger partial charge in [0.25, 0.3) is 0 Å². The van der Waals surface area contributed by atoms with Crippen molar-refractivity contribution in [2.45, 2.75) is 13.3 Å². The van der Waals surface area contributed by atoms with Gasteiger partial charge in [-0.15, -0.1) is 0 Å². The van der Waals surface area contributed by atoms with Crippen molar-refractivity contribution in [3.8, 4) is 0 Å². The summed E-state index contributed by atoms with van der Waals surface area (Å²) in [6.45, 7) is 1.38. The maximum absolute atomic E-state index is 13.3. The van der Waals surface area contributed by atoms with E-state index in [1.807, 2.05) is 30.3 Å². The third-order valence-corrected chi connectivity index (χ3v) is 2.66. The fraction of sp³-hybridized carbons (Fsp3) is 0.133. The van der Waals surface area contributed by atoms with Crippen LogP contribution in [0.5, 0.6) is 0 Å². The van der Waals surface area contributed by atoms with Gasteiger partial charge in [0, 0.05) is 0 Å². The molecule has 0 spiro atoms. The molecule has 0 fully saturated rings. The van der Waals surface area contributed by atoms with Gasteiger partial charge >= 0.3 is 0 Å². The summed E-state index contributed by atoms with van der Waals surface area (Å²) in [6, 6.07) is 14.6. The molecular weight excluding hydrogens is 215 g/mol. The number of halogens is 1. The average molecular weight is 228 g/mol. The molecule has 0 aromatic heterocycles. The highest BCUT2D eigenvalue weighted by Gasteiger charge is 2.08. The molecule has 2 aromatic carbocycles. The second-order valence-corrected chi connectivity index (χ2v) is 4.03. The van der Waals surface area contributed by atoms with E-state index in [2.05, 4.69) is 0 Å². The van der Waals surface area contributed by atoms with Crippen LogP contribution in [0.15, 0.2) is 48.5 Å². The van der Waals surface area contributed by atoms with Crippen LogP contribution in [-0.2, 0) is 6.42 Å². The Balaban J connectivity index is 2.29. The number of hydrogen-bond acceptors (Lipinski definition) is 1. The molecule has 0 unspecified atom stereocenters. The number of rotatable bonds is 3. The van der Waals surface area contributed by atoms with E-state index in [9.17, 15) is 9.18 Å². The smallest absolute Gasteiger partial charge is 0.162 e. The monoisotopic (exact) mass is 228 g/mol. The zero-order valence-electron chi connectivity index (χ0n) is 9.61. The van der Waals surface area contributed by atoms with Crippen LogP contribution in [0.2, 0.25) is 0 Å². The van der Waals surface area contributed by atoms with Gasteiger partial charge in [-0.25, -0.2) is 4.39 Å². The summed E-state index contributed by atoms with van der Waals surface area (Å²) in [6.07, 6.45) is 0.710. The van der Waals surface area contributed by atoms with Gasteiger partial charge < -0.3 is 0 Å². The highest BCUT2D eigenvalue weighted by Crippen LogP contribution is 2.14. The van der Waals surface area contributed by atoms with Gasteiger partial charge in [0.1, 0.15) is 5.82 Å². The van der Waals surface area contributed by atoms with Crippen molar-refractivity contribution in [1.29, 1.82) is 0 Å². The summed E-state index contributed by atoms with van der Waals surface area (Å²) in [5, 5.41) is 0. The van der Waals surface area contributed by atoms with Gasteiger partial charge in [-0.3, -0.25) is 4.79 Å². The van der Waals surface area contributed by atoms with Crippen LogP contribution in [0, 0.1) is 5.82 Å². The van der Waals surface area contributed by atoms with E-state index in [4.69, 9.17) is 0 Å². The molecule has 0 atom stereocenters. The Morgan fingerprint density at radius 2 is 1.76 bits per heavy atom. The first kappa shape index (κ1) is 11.5. The molecule has 1 nitrogen and oxygen atoms in total. The van der Waals surface area contributed by atoms with Crippen molar-refractivity contribution < 1.29 is 9.18 Å². The molecule has 0 saturated carbocycles. The number of carbonyl (C=O) groups is 1. The minimum atomic E-state index is -0.450. The number of hydrogen-bond donors (Lipinski definition) is 0. The Morgan fingerprint density at radius 3 is 2.41 bits per heavy atom. The van der Waals surface area contributed by atoms with E-state index >= 15 is 0 Å². The van der Waals surface area contributed by atoms with E-state index in [-0.39, 0.29) is 11.3 Å². The van der Waals surface area contributed by atoms with Gasteiger partial charge in [0.05, 0.1) is 5.56 Å². The normalized spacial score (nSPS) is 10.2. The van der Waals surface area contributed by atoms with Crippen molar-refractivity contribution >= 4 is 5.78 Å². The number of ketones is 1. The van der Waals surface area contributed by atoms with Gasteiger partial charge in [0.2, 0.25) is 0 Å². The Labute approximate surface area is 99.9 Å². The number of Topliss-reactive ketones (excluding diaryl/α,β-unsaturated/α-hetero) is 1. The summed E-state index contributed by atoms with van der Waals surface area (Å²) in [5.41, 5.74) is 2.26. The van der Waals surface area contributed by atoms with Crippen molar-refractivity contribution in [2.24, 2.45) is 0 Å². The Bertz CT molecular complexity index is 532. The Hall–Kier alpha value is -1.96. The van der Waals surface area contributed by atoms with Gasteiger partial charge in [-0.05, 0) is 36.6 Å². The molecule has 86 valence electrons. The van der Waals surface area contributed by atoms with Crippen LogP contribution in [0.4, 0.5) is 4.39 Å². The first-order chi connectivity index (χ1) is 8.16. The van der Waals surface area contributed by atoms with Crippen LogP contribution in [0.25, 0.3) is 0 Å². The van der Waals surface area contributed by atoms with Crippen LogP contribution in [-0.4, -0.2) is 5.78 Å². The van der Waals surface area contributed by atoms with Crippen LogP contribution >= 0.6 is 0 Å². The van der Waals surface area contributed by atoms with Crippen molar-refractivity contribution in [1.82, 2.24) is 0 Å². The second-order valence-electron chi connectivity index (χ2n) is 4.03. The molecule has 0 amide bonds. The van der Waals surface area contributed by atoms with Crippen LogP contribution < -0.4 is 0 Å². The lowest BCUT2D eigenvalue weighted by molar-refractivity contribution is 0.101. The predicted octanol–water partition coefficient (Wildman–Crippen LogP) is 3.62. The molecule has 0 saturated heterocycles. The van der Waals surface area contributed by atoms with E-state index in [0.717, 1.165) is 11.1 Å². The molecule has 0 heterocycles. The first-order valence-electron chi connectivity index (χ1n) is 5.50. The zero-order chi connectivity index (χ0) is 12.3. The Morgan fingerprint density at radius 1 is 1.06 bits per heavy atom. The molecule has 2 aromatic rings. The maximum Gasteiger partial charge on any atom is 0.162 e. The van der Waals surface area contributed by atoms with Crippen LogP contribution in [0.1, 0.15) is 28.4 Å². The van der Waals surface area contributed by atoms with Crippen molar-refractivity contribution in [3.05, 3.63) is 71.0 Å². The average Bonchev–Trinajstić information content (AvgIpc) is 2.32. The quantitative estimate of drug-likeness (QED) is 0.733. The highest BCUT2D eigenvalue weighted by molar-refractivity contribution is 5.94. The lowest BCUT2D eigenvalue weighted by atomic mass is 10.0. The lowest BCUT2D eigenvalue weighted by Crippen LogP contribution is -1.99. The molecule has 0 N–H and O–H groups in total. The summed E-state index contributed by atoms with van der Waals surface area (Å²) in [5.74, 6) is -0.688. The molecule has 0 radical (unpaired) electrons. The molecule has 2 heteroatoms. The van der Waals surface area contributed by atoms with Gasteiger partial charge in [-0.1, -0.05) is 36.4 Å². The molecule has 0 aliphatic heterocycles. The largest absolute Gasteiger partial charge is 0.294 e. The topological polar surface area (TPSA) is 17.1 Å². The van der Waals surface area contributed by atoms with E-state index in [1.54, 1.807) is 12.1 Å².